The number of pyridine rings is 1. The van der Waals surface area contributed by atoms with Crippen LogP contribution in [-0.2, 0) is 6.54 Å². The van der Waals surface area contributed by atoms with Gasteiger partial charge in [-0.15, -0.1) is 0 Å². The predicted molar refractivity (Wildman–Crippen MR) is 93.5 cm³/mol. The molecule has 5 nitrogen and oxygen atoms in total. The standard InChI is InChI=1S/C18H17ClN4O/c1-12-7-15(16(19)8-13(12)2)18(24)22-10-14-3-4-17(21-9-14)23-6-5-20-11-23/h3-9,11H,10H2,1-2H3,(H,22,24). The zero-order valence-electron chi connectivity index (χ0n) is 13.5. The topological polar surface area (TPSA) is 59.8 Å². The Morgan fingerprint density at radius 1 is 1.25 bits per heavy atom. The highest BCUT2D eigenvalue weighted by Gasteiger charge is 2.12. The molecule has 2 heterocycles. The highest BCUT2D eigenvalue weighted by atomic mass is 35.5. The van der Waals surface area contributed by atoms with E-state index in [2.05, 4.69) is 15.3 Å². The molecule has 0 radical (unpaired) electrons. The minimum atomic E-state index is -0.193. The van der Waals surface area contributed by atoms with Gasteiger partial charge in [-0.3, -0.25) is 9.36 Å². The summed E-state index contributed by atoms with van der Waals surface area (Å²) in [5, 5.41) is 3.34. The maximum atomic E-state index is 12.3. The van der Waals surface area contributed by atoms with Gasteiger partial charge in [-0.05, 0) is 48.7 Å². The third-order valence-electron chi connectivity index (χ3n) is 3.86. The molecule has 0 aliphatic heterocycles. The van der Waals surface area contributed by atoms with Gasteiger partial charge in [0.2, 0.25) is 0 Å². The number of hydrogen-bond donors (Lipinski definition) is 1. The summed E-state index contributed by atoms with van der Waals surface area (Å²) in [4.78, 5) is 20.7. The van der Waals surface area contributed by atoms with E-state index in [-0.39, 0.29) is 5.91 Å². The van der Waals surface area contributed by atoms with Gasteiger partial charge in [0, 0.05) is 25.1 Å². The Morgan fingerprint density at radius 2 is 2.04 bits per heavy atom. The number of aryl methyl sites for hydroxylation is 2. The van der Waals surface area contributed by atoms with Gasteiger partial charge in [0.1, 0.15) is 12.1 Å². The van der Waals surface area contributed by atoms with Crippen LogP contribution in [0.5, 0.6) is 0 Å². The van der Waals surface area contributed by atoms with Crippen molar-refractivity contribution in [2.75, 3.05) is 0 Å². The summed E-state index contributed by atoms with van der Waals surface area (Å²) in [6.07, 6.45) is 6.94. The SMILES string of the molecule is Cc1cc(Cl)c(C(=O)NCc2ccc(-n3ccnc3)nc2)cc1C. The number of imidazole rings is 1. The van der Waals surface area contributed by atoms with Crippen LogP contribution < -0.4 is 5.32 Å². The molecule has 2 aromatic heterocycles. The number of carbonyl (C=O) groups excluding carboxylic acids is 1. The minimum Gasteiger partial charge on any atom is -0.348 e. The molecular formula is C18H17ClN4O. The van der Waals surface area contributed by atoms with Gasteiger partial charge in [0.25, 0.3) is 5.91 Å². The van der Waals surface area contributed by atoms with Gasteiger partial charge in [-0.2, -0.15) is 0 Å². The fraction of sp³-hybridized carbons (Fsp3) is 0.167. The fourth-order valence-corrected chi connectivity index (χ4v) is 2.61. The van der Waals surface area contributed by atoms with E-state index in [9.17, 15) is 4.79 Å². The normalized spacial score (nSPS) is 10.6. The summed E-state index contributed by atoms with van der Waals surface area (Å²) >= 11 is 6.17. The van der Waals surface area contributed by atoms with Crippen molar-refractivity contribution in [2.45, 2.75) is 20.4 Å². The Labute approximate surface area is 145 Å². The van der Waals surface area contributed by atoms with Gasteiger partial charge in [-0.25, -0.2) is 9.97 Å². The highest BCUT2D eigenvalue weighted by Crippen LogP contribution is 2.21. The summed E-state index contributed by atoms with van der Waals surface area (Å²) in [5.41, 5.74) is 3.50. The van der Waals surface area contributed by atoms with E-state index in [1.54, 1.807) is 18.7 Å². The molecule has 122 valence electrons. The van der Waals surface area contributed by atoms with Crippen molar-refractivity contribution in [3.8, 4) is 5.82 Å². The largest absolute Gasteiger partial charge is 0.348 e. The number of halogens is 1. The van der Waals surface area contributed by atoms with Crippen LogP contribution in [0.2, 0.25) is 5.02 Å². The number of rotatable bonds is 4. The molecule has 1 N–H and O–H groups in total. The third-order valence-corrected chi connectivity index (χ3v) is 4.17. The molecule has 0 aliphatic carbocycles. The molecule has 0 fully saturated rings. The number of hydrogen-bond acceptors (Lipinski definition) is 3. The van der Waals surface area contributed by atoms with Crippen LogP contribution in [0.3, 0.4) is 0 Å². The molecule has 3 aromatic rings. The molecule has 0 unspecified atom stereocenters. The molecule has 0 aliphatic rings. The van der Waals surface area contributed by atoms with Gasteiger partial charge < -0.3 is 5.32 Å². The number of benzene rings is 1. The van der Waals surface area contributed by atoms with Crippen molar-refractivity contribution in [1.29, 1.82) is 0 Å². The smallest absolute Gasteiger partial charge is 0.253 e. The first-order valence-corrected chi connectivity index (χ1v) is 7.90. The van der Waals surface area contributed by atoms with E-state index in [0.29, 0.717) is 17.1 Å². The lowest BCUT2D eigenvalue weighted by Crippen LogP contribution is -2.23. The lowest BCUT2D eigenvalue weighted by atomic mass is 10.1. The van der Waals surface area contributed by atoms with Crippen molar-refractivity contribution in [3.63, 3.8) is 0 Å². The van der Waals surface area contributed by atoms with E-state index in [0.717, 1.165) is 22.5 Å². The van der Waals surface area contributed by atoms with Gasteiger partial charge in [0.15, 0.2) is 0 Å². The van der Waals surface area contributed by atoms with Crippen LogP contribution in [0.15, 0.2) is 49.2 Å². The van der Waals surface area contributed by atoms with E-state index in [1.165, 1.54) is 0 Å². The van der Waals surface area contributed by atoms with E-state index < -0.39 is 0 Å². The van der Waals surface area contributed by atoms with Crippen molar-refractivity contribution in [2.24, 2.45) is 0 Å². The Bertz CT molecular complexity index is 857. The molecule has 6 heteroatoms. The maximum absolute atomic E-state index is 12.3. The minimum absolute atomic E-state index is 0.193. The lowest BCUT2D eigenvalue weighted by molar-refractivity contribution is 0.0951. The Balaban J connectivity index is 1.67. The third kappa shape index (κ3) is 3.46. The quantitative estimate of drug-likeness (QED) is 0.791. The summed E-state index contributed by atoms with van der Waals surface area (Å²) < 4.78 is 1.82. The van der Waals surface area contributed by atoms with Crippen LogP contribution in [0, 0.1) is 13.8 Å². The Morgan fingerprint density at radius 3 is 2.71 bits per heavy atom. The molecule has 0 saturated heterocycles. The second kappa shape index (κ2) is 6.84. The summed E-state index contributed by atoms with van der Waals surface area (Å²) in [7, 11) is 0. The molecule has 1 amide bonds. The van der Waals surface area contributed by atoms with Crippen LogP contribution in [0.25, 0.3) is 5.82 Å². The van der Waals surface area contributed by atoms with E-state index in [1.807, 2.05) is 48.9 Å². The van der Waals surface area contributed by atoms with E-state index in [4.69, 9.17) is 11.6 Å². The number of aromatic nitrogens is 3. The lowest BCUT2D eigenvalue weighted by Gasteiger charge is -2.10. The van der Waals surface area contributed by atoms with Crippen LogP contribution in [-0.4, -0.2) is 20.4 Å². The van der Waals surface area contributed by atoms with Crippen molar-refractivity contribution >= 4 is 17.5 Å². The average molecular weight is 341 g/mol. The second-order valence-electron chi connectivity index (χ2n) is 5.59. The summed E-state index contributed by atoms with van der Waals surface area (Å²) in [6, 6.07) is 7.43. The van der Waals surface area contributed by atoms with Gasteiger partial charge in [0.05, 0.1) is 10.6 Å². The Hall–Kier alpha value is -2.66. The number of nitrogens with zero attached hydrogens (tertiary/aromatic N) is 3. The fourth-order valence-electron chi connectivity index (χ4n) is 2.30. The first-order valence-electron chi connectivity index (χ1n) is 7.53. The van der Waals surface area contributed by atoms with Gasteiger partial charge in [-0.1, -0.05) is 17.7 Å². The monoisotopic (exact) mass is 340 g/mol. The number of nitrogens with one attached hydrogen (secondary N) is 1. The molecular weight excluding hydrogens is 324 g/mol. The molecule has 0 saturated carbocycles. The zero-order chi connectivity index (χ0) is 17.1. The van der Waals surface area contributed by atoms with Crippen LogP contribution in [0.4, 0.5) is 0 Å². The molecule has 0 spiro atoms. The first kappa shape index (κ1) is 16.2. The molecule has 24 heavy (non-hydrogen) atoms. The van der Waals surface area contributed by atoms with E-state index >= 15 is 0 Å². The second-order valence-corrected chi connectivity index (χ2v) is 6.00. The maximum Gasteiger partial charge on any atom is 0.253 e. The molecule has 0 atom stereocenters. The Kier molecular flexibility index (Phi) is 4.62. The average Bonchev–Trinajstić information content (AvgIpc) is 3.11. The predicted octanol–water partition coefficient (Wildman–Crippen LogP) is 3.47. The van der Waals surface area contributed by atoms with Crippen molar-refractivity contribution in [1.82, 2.24) is 19.9 Å². The summed E-state index contributed by atoms with van der Waals surface area (Å²) in [6.45, 7) is 4.32. The number of amides is 1. The zero-order valence-corrected chi connectivity index (χ0v) is 14.2. The number of carbonyl (C=O) groups is 1. The van der Waals surface area contributed by atoms with Gasteiger partial charge >= 0.3 is 0 Å². The molecule has 1 aromatic carbocycles. The molecule has 0 bridgehead atoms. The van der Waals surface area contributed by atoms with Crippen molar-refractivity contribution < 1.29 is 4.79 Å². The summed E-state index contributed by atoms with van der Waals surface area (Å²) in [5.74, 6) is 0.585. The van der Waals surface area contributed by atoms with Crippen molar-refractivity contribution in [3.05, 3.63) is 76.5 Å². The van der Waals surface area contributed by atoms with Crippen LogP contribution in [0.1, 0.15) is 27.0 Å². The first-order chi connectivity index (χ1) is 11.5. The van der Waals surface area contributed by atoms with Crippen LogP contribution >= 0.6 is 11.6 Å². The molecule has 3 rings (SSSR count). The highest BCUT2D eigenvalue weighted by molar-refractivity contribution is 6.33.